The monoisotopic (exact) mass is 411 g/mol. The van der Waals surface area contributed by atoms with Crippen molar-refractivity contribution in [2.45, 2.75) is 11.9 Å². The highest BCUT2D eigenvalue weighted by atomic mass is 32.2. The fourth-order valence-corrected chi connectivity index (χ4v) is 3.08. The number of rotatable bonds is 5. The Labute approximate surface area is 158 Å². The van der Waals surface area contributed by atoms with Crippen LogP contribution in [0.15, 0.2) is 54.6 Å². The van der Waals surface area contributed by atoms with Crippen molar-refractivity contribution in [3.8, 4) is 16.9 Å². The molecule has 3 aromatic rings. The van der Waals surface area contributed by atoms with Crippen LogP contribution in [0.25, 0.3) is 16.9 Å². The molecule has 0 unspecified atom stereocenters. The highest BCUT2D eigenvalue weighted by Gasteiger charge is 2.35. The summed E-state index contributed by atoms with van der Waals surface area (Å²) in [5.74, 6) is -0.183. The molecule has 1 heterocycles. The summed E-state index contributed by atoms with van der Waals surface area (Å²) in [6.07, 6.45) is -4.68. The fraction of sp³-hybridized carbons (Fsp3) is 0.118. The minimum absolute atomic E-state index is 0.0878. The van der Waals surface area contributed by atoms with Gasteiger partial charge in [0, 0.05) is 17.7 Å². The van der Waals surface area contributed by atoms with Crippen LogP contribution in [0.4, 0.5) is 18.9 Å². The molecule has 146 valence electrons. The first kappa shape index (κ1) is 19.5. The number of thiol groups is 1. The van der Waals surface area contributed by atoms with Crippen LogP contribution in [-0.4, -0.2) is 23.1 Å². The SMILES string of the molecule is O=[N+]([O-])c1ccc(-c2cc(C(F)(F)F)nn2-c2ccc(C[SH](=O)=O)cc2)cc1. The lowest BCUT2D eigenvalue weighted by atomic mass is 10.1. The van der Waals surface area contributed by atoms with Gasteiger partial charge in [0.2, 0.25) is 0 Å². The van der Waals surface area contributed by atoms with Crippen LogP contribution in [0.2, 0.25) is 0 Å². The Bertz CT molecular complexity index is 1080. The Hall–Kier alpha value is -3.21. The van der Waals surface area contributed by atoms with Gasteiger partial charge in [-0.3, -0.25) is 10.1 Å². The molecular formula is C17H12F3N3O4S. The molecule has 2 aromatic carbocycles. The van der Waals surface area contributed by atoms with Gasteiger partial charge in [0.05, 0.1) is 22.1 Å². The van der Waals surface area contributed by atoms with Gasteiger partial charge in [0.1, 0.15) is 10.7 Å². The Morgan fingerprint density at radius 2 is 1.64 bits per heavy atom. The summed E-state index contributed by atoms with van der Waals surface area (Å²) in [5.41, 5.74) is -0.145. The topological polar surface area (TPSA) is 95.1 Å². The molecule has 11 heteroatoms. The maximum Gasteiger partial charge on any atom is 0.435 e. The molecule has 7 nitrogen and oxygen atoms in total. The third-order valence-corrected chi connectivity index (χ3v) is 4.49. The van der Waals surface area contributed by atoms with Gasteiger partial charge in [-0.1, -0.05) is 12.1 Å². The Morgan fingerprint density at radius 1 is 1.04 bits per heavy atom. The summed E-state index contributed by atoms with van der Waals surface area (Å²) in [7, 11) is -2.63. The number of nitrogens with zero attached hydrogens (tertiary/aromatic N) is 3. The van der Waals surface area contributed by atoms with Crippen molar-refractivity contribution in [3.05, 3.63) is 76.0 Å². The molecule has 0 aliphatic rings. The lowest BCUT2D eigenvalue weighted by Crippen LogP contribution is -2.07. The zero-order valence-electron chi connectivity index (χ0n) is 14.0. The van der Waals surface area contributed by atoms with Gasteiger partial charge in [-0.25, -0.2) is 13.1 Å². The molecule has 0 atom stereocenters. The summed E-state index contributed by atoms with van der Waals surface area (Å²) in [6.45, 7) is 0. The molecule has 1 aromatic heterocycles. The van der Waals surface area contributed by atoms with Crippen molar-refractivity contribution in [3.63, 3.8) is 0 Å². The molecule has 3 rings (SSSR count). The molecule has 0 fully saturated rings. The molecule has 0 aliphatic carbocycles. The molecular weight excluding hydrogens is 399 g/mol. The molecule has 0 amide bonds. The van der Waals surface area contributed by atoms with Crippen LogP contribution in [0.1, 0.15) is 11.3 Å². The van der Waals surface area contributed by atoms with Gasteiger partial charge in [-0.2, -0.15) is 18.3 Å². The number of hydrogen-bond acceptors (Lipinski definition) is 5. The van der Waals surface area contributed by atoms with E-state index in [1.807, 2.05) is 0 Å². The average Bonchev–Trinajstić information content (AvgIpc) is 3.07. The molecule has 28 heavy (non-hydrogen) atoms. The first-order chi connectivity index (χ1) is 13.1. The summed E-state index contributed by atoms with van der Waals surface area (Å²) < 4.78 is 62.1. The van der Waals surface area contributed by atoms with Crippen LogP contribution in [0.5, 0.6) is 0 Å². The van der Waals surface area contributed by atoms with Crippen molar-refractivity contribution in [1.82, 2.24) is 9.78 Å². The van der Waals surface area contributed by atoms with Crippen LogP contribution in [0, 0.1) is 10.1 Å². The zero-order chi connectivity index (χ0) is 20.5. The van der Waals surface area contributed by atoms with E-state index in [4.69, 9.17) is 0 Å². The smallest absolute Gasteiger partial charge is 0.258 e. The highest BCUT2D eigenvalue weighted by Crippen LogP contribution is 2.33. The van der Waals surface area contributed by atoms with Crippen molar-refractivity contribution in [2.24, 2.45) is 0 Å². The highest BCUT2D eigenvalue weighted by molar-refractivity contribution is 7.71. The summed E-state index contributed by atoms with van der Waals surface area (Å²) in [4.78, 5) is 10.2. The van der Waals surface area contributed by atoms with E-state index in [1.165, 1.54) is 48.5 Å². The van der Waals surface area contributed by atoms with Crippen LogP contribution in [0.3, 0.4) is 0 Å². The predicted molar refractivity (Wildman–Crippen MR) is 94.7 cm³/mol. The summed E-state index contributed by atoms with van der Waals surface area (Å²) in [6, 6.07) is 11.8. The minimum atomic E-state index is -4.68. The number of halogens is 3. The van der Waals surface area contributed by atoms with Gasteiger partial charge >= 0.3 is 6.18 Å². The minimum Gasteiger partial charge on any atom is -0.258 e. The van der Waals surface area contributed by atoms with E-state index in [1.54, 1.807) is 0 Å². The van der Waals surface area contributed by atoms with E-state index in [-0.39, 0.29) is 22.8 Å². The van der Waals surface area contributed by atoms with Gasteiger partial charge in [-0.05, 0) is 35.9 Å². The Kier molecular flexibility index (Phi) is 5.18. The number of aromatic nitrogens is 2. The third-order valence-electron chi connectivity index (χ3n) is 3.87. The van der Waals surface area contributed by atoms with Gasteiger partial charge in [-0.15, -0.1) is 0 Å². The van der Waals surface area contributed by atoms with Crippen LogP contribution < -0.4 is 0 Å². The van der Waals surface area contributed by atoms with E-state index >= 15 is 0 Å². The lowest BCUT2D eigenvalue weighted by Gasteiger charge is -2.08. The predicted octanol–water partition coefficient (Wildman–Crippen LogP) is 3.58. The number of hydrogen-bond donors (Lipinski definition) is 1. The maximum atomic E-state index is 13.2. The number of non-ortho nitro benzene ring substituents is 1. The van der Waals surface area contributed by atoms with Crippen molar-refractivity contribution < 1.29 is 26.5 Å². The molecule has 0 saturated heterocycles. The second kappa shape index (κ2) is 7.43. The molecule has 0 aliphatic heterocycles. The largest absolute Gasteiger partial charge is 0.435 e. The van der Waals surface area contributed by atoms with Crippen molar-refractivity contribution >= 4 is 16.4 Å². The standard InChI is InChI=1S/C17H12F3N3O4S/c18-17(19,20)16-9-15(12-3-7-14(8-4-12)23(24)25)22(21-16)13-5-1-11(2-6-13)10-28(26)27/h1-9,28H,10H2. The normalized spacial score (nSPS) is 11.7. The first-order valence-electron chi connectivity index (χ1n) is 7.78. The molecule has 0 radical (unpaired) electrons. The lowest BCUT2D eigenvalue weighted by molar-refractivity contribution is -0.384. The van der Waals surface area contributed by atoms with E-state index in [9.17, 15) is 31.7 Å². The molecule has 0 bridgehead atoms. The summed E-state index contributed by atoms with van der Waals surface area (Å²) >= 11 is 0. The first-order valence-corrected chi connectivity index (χ1v) is 9.14. The van der Waals surface area contributed by atoms with Crippen LogP contribution in [-0.2, 0) is 22.6 Å². The zero-order valence-corrected chi connectivity index (χ0v) is 14.9. The number of nitro benzene ring substituents is 1. The number of nitro groups is 1. The number of alkyl halides is 3. The second-order valence-electron chi connectivity index (χ2n) is 5.79. The molecule has 0 saturated carbocycles. The van der Waals surface area contributed by atoms with E-state index in [2.05, 4.69) is 5.10 Å². The quantitative estimate of drug-likeness (QED) is 0.393. The van der Waals surface area contributed by atoms with Crippen LogP contribution >= 0.6 is 0 Å². The fourth-order valence-electron chi connectivity index (χ4n) is 2.57. The Morgan fingerprint density at radius 3 is 2.14 bits per heavy atom. The van der Waals surface area contributed by atoms with Gasteiger partial charge < -0.3 is 0 Å². The van der Waals surface area contributed by atoms with Crippen molar-refractivity contribution in [2.75, 3.05) is 0 Å². The van der Waals surface area contributed by atoms with Crippen molar-refractivity contribution in [1.29, 1.82) is 0 Å². The van der Waals surface area contributed by atoms with E-state index < -0.39 is 27.5 Å². The average molecular weight is 411 g/mol. The van der Waals surface area contributed by atoms with Gasteiger partial charge in [0.25, 0.3) is 5.69 Å². The molecule has 0 N–H and O–H groups in total. The Balaban J connectivity index is 2.09. The third kappa shape index (κ3) is 4.19. The summed E-state index contributed by atoms with van der Waals surface area (Å²) in [5, 5.41) is 14.4. The second-order valence-corrected chi connectivity index (χ2v) is 6.77. The number of benzene rings is 2. The van der Waals surface area contributed by atoms with E-state index in [0.717, 1.165) is 10.7 Å². The van der Waals surface area contributed by atoms with E-state index in [0.29, 0.717) is 11.1 Å². The maximum absolute atomic E-state index is 13.2. The van der Waals surface area contributed by atoms with Gasteiger partial charge in [0.15, 0.2) is 5.69 Å². The molecule has 0 spiro atoms.